The molecule has 0 saturated carbocycles. The molecule has 1 saturated heterocycles. The summed E-state index contributed by atoms with van der Waals surface area (Å²) in [7, 11) is 1.78. The number of hydrogen-bond donors (Lipinski definition) is 1. The molecule has 0 spiro atoms. The van der Waals surface area contributed by atoms with Gasteiger partial charge in [0.1, 0.15) is 0 Å². The molecule has 1 N–H and O–H groups in total. The Hall–Kier alpha value is -0.120. The Morgan fingerprint density at radius 3 is 2.41 bits per heavy atom. The molecule has 2 atom stereocenters. The molecule has 3 nitrogen and oxygen atoms in total. The highest BCUT2D eigenvalue weighted by molar-refractivity contribution is 4.85. The Balaban J connectivity index is 2.44. The van der Waals surface area contributed by atoms with Gasteiger partial charge in [-0.2, -0.15) is 0 Å². The van der Waals surface area contributed by atoms with Gasteiger partial charge in [0.05, 0.1) is 11.7 Å². The van der Waals surface area contributed by atoms with E-state index in [1.165, 1.54) is 0 Å². The predicted octanol–water partition coefficient (Wildman–Crippen LogP) is 2.59. The number of ether oxygens (including phenoxy) is 2. The van der Waals surface area contributed by atoms with E-state index >= 15 is 0 Å². The number of methoxy groups -OCH3 is 1. The van der Waals surface area contributed by atoms with Crippen LogP contribution in [0.4, 0.5) is 0 Å². The van der Waals surface area contributed by atoms with Crippen molar-refractivity contribution in [1.82, 2.24) is 5.32 Å². The standard InChI is InChI=1S/C14H29NO2/c1-13(2,3)15-10-11-7-8-17-12(11)9-14(4,5)16-6/h11-12,15H,7-10H2,1-6H3. The van der Waals surface area contributed by atoms with Gasteiger partial charge >= 0.3 is 0 Å². The highest BCUT2D eigenvalue weighted by Gasteiger charge is 2.33. The van der Waals surface area contributed by atoms with Crippen LogP contribution in [-0.2, 0) is 9.47 Å². The van der Waals surface area contributed by atoms with Crippen LogP contribution in [0.25, 0.3) is 0 Å². The SMILES string of the molecule is COC(C)(C)CC1OCCC1CNC(C)(C)C. The summed E-state index contributed by atoms with van der Waals surface area (Å²) in [6.45, 7) is 12.8. The van der Waals surface area contributed by atoms with Crippen molar-refractivity contribution in [3.63, 3.8) is 0 Å². The summed E-state index contributed by atoms with van der Waals surface area (Å²) in [5, 5.41) is 3.58. The lowest BCUT2D eigenvalue weighted by molar-refractivity contribution is -0.0350. The van der Waals surface area contributed by atoms with Gasteiger partial charge in [-0.3, -0.25) is 0 Å². The molecule has 0 radical (unpaired) electrons. The lowest BCUT2D eigenvalue weighted by Gasteiger charge is -2.30. The fourth-order valence-corrected chi connectivity index (χ4v) is 2.16. The van der Waals surface area contributed by atoms with Gasteiger partial charge in [0.2, 0.25) is 0 Å². The maximum absolute atomic E-state index is 5.85. The summed E-state index contributed by atoms with van der Waals surface area (Å²) in [4.78, 5) is 0. The molecule has 2 unspecified atom stereocenters. The van der Waals surface area contributed by atoms with Crippen molar-refractivity contribution in [2.75, 3.05) is 20.3 Å². The minimum absolute atomic E-state index is 0.0883. The van der Waals surface area contributed by atoms with Gasteiger partial charge in [-0.15, -0.1) is 0 Å². The highest BCUT2D eigenvalue weighted by Crippen LogP contribution is 2.29. The lowest BCUT2D eigenvalue weighted by atomic mass is 9.91. The molecule has 0 aromatic rings. The average Bonchev–Trinajstić information content (AvgIpc) is 2.60. The van der Waals surface area contributed by atoms with Crippen molar-refractivity contribution in [2.45, 2.75) is 64.7 Å². The van der Waals surface area contributed by atoms with Crippen molar-refractivity contribution in [3.8, 4) is 0 Å². The molecule has 0 aliphatic carbocycles. The van der Waals surface area contributed by atoms with Gasteiger partial charge < -0.3 is 14.8 Å². The van der Waals surface area contributed by atoms with E-state index in [1.54, 1.807) is 7.11 Å². The van der Waals surface area contributed by atoms with Crippen LogP contribution in [0.15, 0.2) is 0 Å². The van der Waals surface area contributed by atoms with Crippen LogP contribution >= 0.6 is 0 Å². The fraction of sp³-hybridized carbons (Fsp3) is 1.00. The van der Waals surface area contributed by atoms with Crippen LogP contribution < -0.4 is 5.32 Å². The largest absolute Gasteiger partial charge is 0.379 e. The Kier molecular flexibility index (Phi) is 4.99. The van der Waals surface area contributed by atoms with Crippen molar-refractivity contribution in [2.24, 2.45) is 5.92 Å². The Morgan fingerprint density at radius 2 is 1.88 bits per heavy atom. The van der Waals surface area contributed by atoms with Crippen LogP contribution in [0, 0.1) is 5.92 Å². The minimum Gasteiger partial charge on any atom is -0.379 e. The molecule has 1 heterocycles. The Labute approximate surface area is 106 Å². The van der Waals surface area contributed by atoms with E-state index in [1.807, 2.05) is 0 Å². The summed E-state index contributed by atoms with van der Waals surface area (Å²) < 4.78 is 11.3. The van der Waals surface area contributed by atoms with Gasteiger partial charge in [0.15, 0.2) is 0 Å². The molecule has 0 amide bonds. The third kappa shape index (κ3) is 5.36. The van der Waals surface area contributed by atoms with Crippen LogP contribution in [0.3, 0.4) is 0 Å². The zero-order chi connectivity index (χ0) is 13.1. The maximum Gasteiger partial charge on any atom is 0.0647 e. The third-order valence-electron chi connectivity index (χ3n) is 3.49. The number of rotatable bonds is 5. The van der Waals surface area contributed by atoms with E-state index in [9.17, 15) is 0 Å². The molecule has 102 valence electrons. The topological polar surface area (TPSA) is 30.5 Å². The van der Waals surface area contributed by atoms with E-state index in [0.717, 1.165) is 26.0 Å². The summed E-state index contributed by atoms with van der Waals surface area (Å²) in [6.07, 6.45) is 2.47. The maximum atomic E-state index is 5.85. The van der Waals surface area contributed by atoms with E-state index < -0.39 is 0 Å². The van der Waals surface area contributed by atoms with Crippen LogP contribution in [0.2, 0.25) is 0 Å². The van der Waals surface area contributed by atoms with Crippen molar-refractivity contribution in [1.29, 1.82) is 0 Å². The molecule has 1 aliphatic heterocycles. The van der Waals surface area contributed by atoms with E-state index in [0.29, 0.717) is 12.0 Å². The second-order valence-electron chi connectivity index (χ2n) is 6.76. The molecule has 0 bridgehead atoms. The first-order valence-electron chi connectivity index (χ1n) is 6.65. The van der Waals surface area contributed by atoms with Crippen molar-refractivity contribution in [3.05, 3.63) is 0 Å². The summed E-state index contributed by atoms with van der Waals surface area (Å²) in [5.41, 5.74) is 0.0961. The first-order valence-corrected chi connectivity index (χ1v) is 6.65. The van der Waals surface area contributed by atoms with Crippen molar-refractivity contribution >= 4 is 0 Å². The first kappa shape index (κ1) is 14.9. The molecule has 0 aromatic carbocycles. The monoisotopic (exact) mass is 243 g/mol. The van der Waals surface area contributed by atoms with Gasteiger partial charge in [-0.1, -0.05) is 0 Å². The Bertz CT molecular complexity index is 233. The predicted molar refractivity (Wildman–Crippen MR) is 71.3 cm³/mol. The van der Waals surface area contributed by atoms with E-state index in [4.69, 9.17) is 9.47 Å². The third-order valence-corrected chi connectivity index (χ3v) is 3.49. The normalized spacial score (nSPS) is 26.5. The van der Waals surface area contributed by atoms with Crippen molar-refractivity contribution < 1.29 is 9.47 Å². The number of nitrogens with one attached hydrogen (secondary N) is 1. The Morgan fingerprint density at radius 1 is 1.24 bits per heavy atom. The molecule has 1 aliphatic rings. The second-order valence-corrected chi connectivity index (χ2v) is 6.76. The van der Waals surface area contributed by atoms with E-state index in [-0.39, 0.29) is 11.1 Å². The molecule has 1 rings (SSSR count). The summed E-state index contributed by atoms with van der Waals surface area (Å²) in [6, 6.07) is 0. The lowest BCUT2D eigenvalue weighted by Crippen LogP contribution is -2.42. The fourth-order valence-electron chi connectivity index (χ4n) is 2.16. The molecule has 0 aromatic heterocycles. The average molecular weight is 243 g/mol. The number of hydrogen-bond acceptors (Lipinski definition) is 3. The summed E-state index contributed by atoms with van der Waals surface area (Å²) >= 11 is 0. The quantitative estimate of drug-likeness (QED) is 0.805. The first-order chi connectivity index (χ1) is 7.73. The zero-order valence-electron chi connectivity index (χ0n) is 12.3. The summed E-state index contributed by atoms with van der Waals surface area (Å²) in [5.74, 6) is 0.614. The van der Waals surface area contributed by atoms with E-state index in [2.05, 4.69) is 39.9 Å². The van der Waals surface area contributed by atoms with Crippen LogP contribution in [0.5, 0.6) is 0 Å². The minimum atomic E-state index is -0.0883. The second kappa shape index (κ2) is 5.68. The molecule has 1 fully saturated rings. The van der Waals surface area contributed by atoms with Gasteiger partial charge in [0.25, 0.3) is 0 Å². The van der Waals surface area contributed by atoms with Gasteiger partial charge in [-0.05, 0) is 47.0 Å². The smallest absolute Gasteiger partial charge is 0.0647 e. The molecular weight excluding hydrogens is 214 g/mol. The van der Waals surface area contributed by atoms with Gasteiger partial charge in [0, 0.05) is 32.2 Å². The van der Waals surface area contributed by atoms with Gasteiger partial charge in [-0.25, -0.2) is 0 Å². The molecule has 17 heavy (non-hydrogen) atoms. The highest BCUT2D eigenvalue weighted by atomic mass is 16.5. The van der Waals surface area contributed by atoms with Crippen LogP contribution in [0.1, 0.15) is 47.5 Å². The molecular formula is C14H29NO2. The molecule has 3 heteroatoms. The zero-order valence-corrected chi connectivity index (χ0v) is 12.3. The van der Waals surface area contributed by atoms with Crippen LogP contribution in [-0.4, -0.2) is 37.5 Å².